The lowest BCUT2D eigenvalue weighted by atomic mass is 9.85. The first kappa shape index (κ1) is 19.1. The molecule has 1 aliphatic carbocycles. The molecule has 1 aromatic carbocycles. The molecule has 7 nitrogen and oxygen atoms in total. The van der Waals surface area contributed by atoms with E-state index in [2.05, 4.69) is 17.1 Å². The van der Waals surface area contributed by atoms with Crippen LogP contribution in [0.3, 0.4) is 0 Å². The van der Waals surface area contributed by atoms with E-state index >= 15 is 0 Å². The Morgan fingerprint density at radius 2 is 1.62 bits per heavy atom. The first-order valence-corrected chi connectivity index (χ1v) is 12.1. The van der Waals surface area contributed by atoms with Crippen LogP contribution in [0.15, 0.2) is 24.3 Å². The van der Waals surface area contributed by atoms with Gasteiger partial charge in [0.05, 0.1) is 5.92 Å². The zero-order chi connectivity index (χ0) is 20.0. The number of aromatic nitrogens is 1. The number of carbonyl (C=O) groups excluding carboxylic acids is 1. The summed E-state index contributed by atoms with van der Waals surface area (Å²) in [6, 6.07) is 8.25. The molecule has 2 fully saturated rings. The van der Waals surface area contributed by atoms with Gasteiger partial charge in [0, 0.05) is 55.9 Å². The highest BCUT2D eigenvalue weighted by atomic mass is 32.2. The van der Waals surface area contributed by atoms with Crippen molar-refractivity contribution in [3.8, 4) is 0 Å². The largest absolute Gasteiger partial charge is 0.357 e. The van der Waals surface area contributed by atoms with Crippen LogP contribution in [0.25, 0.3) is 10.9 Å². The molecule has 1 amide bonds. The molecule has 2 saturated heterocycles. The number of hydrogen-bond acceptors (Lipinski definition) is 3. The smallest absolute Gasteiger partial charge is 0.282 e. The van der Waals surface area contributed by atoms with Gasteiger partial charge in [-0.05, 0) is 43.7 Å². The Bertz CT molecular complexity index is 1020. The fourth-order valence-corrected chi connectivity index (χ4v) is 6.77. The molecule has 0 spiro atoms. The van der Waals surface area contributed by atoms with E-state index in [-0.39, 0.29) is 11.8 Å². The molecule has 1 aromatic heterocycles. The Balaban J connectivity index is 1.31. The molecule has 156 valence electrons. The van der Waals surface area contributed by atoms with Crippen molar-refractivity contribution < 1.29 is 13.2 Å². The molecule has 2 aromatic rings. The average Bonchev–Trinajstić information content (AvgIpc) is 3.41. The maximum Gasteiger partial charge on any atom is 0.282 e. The molecule has 8 heteroatoms. The molecule has 1 unspecified atom stereocenters. The summed E-state index contributed by atoms with van der Waals surface area (Å²) >= 11 is 0. The molecule has 0 saturated carbocycles. The van der Waals surface area contributed by atoms with E-state index in [1.807, 2.05) is 17.0 Å². The lowest BCUT2D eigenvalue weighted by Crippen LogP contribution is -2.54. The van der Waals surface area contributed by atoms with Crippen LogP contribution < -0.4 is 0 Å². The van der Waals surface area contributed by atoms with Gasteiger partial charge in [-0.1, -0.05) is 18.2 Å². The first-order chi connectivity index (χ1) is 14.1. The molecule has 1 atom stereocenters. The summed E-state index contributed by atoms with van der Waals surface area (Å²) in [4.78, 5) is 18.7. The third-order valence-electron chi connectivity index (χ3n) is 6.68. The van der Waals surface area contributed by atoms with Gasteiger partial charge in [0.25, 0.3) is 10.2 Å². The number of aromatic amines is 1. The van der Waals surface area contributed by atoms with E-state index in [1.54, 1.807) is 8.61 Å². The molecular weight excluding hydrogens is 388 g/mol. The zero-order valence-electron chi connectivity index (χ0n) is 16.6. The van der Waals surface area contributed by atoms with Gasteiger partial charge in [-0.3, -0.25) is 4.79 Å². The Morgan fingerprint density at radius 3 is 2.38 bits per heavy atom. The monoisotopic (exact) mass is 416 g/mol. The highest BCUT2D eigenvalue weighted by molar-refractivity contribution is 7.86. The van der Waals surface area contributed by atoms with E-state index in [1.165, 1.54) is 10.9 Å². The number of nitrogens with zero attached hydrogens (tertiary/aromatic N) is 3. The van der Waals surface area contributed by atoms with Gasteiger partial charge in [-0.15, -0.1) is 0 Å². The fourth-order valence-electron chi connectivity index (χ4n) is 5.10. The van der Waals surface area contributed by atoms with Crippen molar-refractivity contribution >= 4 is 27.0 Å². The van der Waals surface area contributed by atoms with Gasteiger partial charge in [0.2, 0.25) is 5.91 Å². The number of piperazine rings is 1. The second-order valence-corrected chi connectivity index (χ2v) is 10.3. The summed E-state index contributed by atoms with van der Waals surface area (Å²) in [7, 11) is -3.38. The number of fused-ring (bicyclic) bond motifs is 3. The SMILES string of the molecule is O=C(C1CCCc2c1[nH]c1ccccc21)N1CCN(S(=O)(=O)N2CCCC2)CC1. The third kappa shape index (κ3) is 3.27. The van der Waals surface area contributed by atoms with Crippen molar-refractivity contribution in [2.24, 2.45) is 0 Å². The summed E-state index contributed by atoms with van der Waals surface area (Å²) in [6.07, 6.45) is 4.74. The highest BCUT2D eigenvalue weighted by Gasteiger charge is 2.37. The standard InChI is InChI=1S/C21H28N4O3S/c26-21(18-8-5-7-17-16-6-1-2-9-19(16)22-20(17)18)23-12-14-25(15-13-23)29(27,28)24-10-3-4-11-24/h1-2,6,9,18,22H,3-5,7-8,10-15H2. The summed E-state index contributed by atoms with van der Waals surface area (Å²) in [5, 5.41) is 1.22. The molecule has 0 radical (unpaired) electrons. The molecular formula is C21H28N4O3S. The van der Waals surface area contributed by atoms with Gasteiger partial charge >= 0.3 is 0 Å². The Morgan fingerprint density at radius 1 is 0.931 bits per heavy atom. The topological polar surface area (TPSA) is 76.7 Å². The Labute approximate surface area is 171 Å². The van der Waals surface area contributed by atoms with Gasteiger partial charge in [0.1, 0.15) is 0 Å². The van der Waals surface area contributed by atoms with Crippen LogP contribution in [0, 0.1) is 0 Å². The van der Waals surface area contributed by atoms with Crippen LogP contribution in [0.1, 0.15) is 42.9 Å². The highest BCUT2D eigenvalue weighted by Crippen LogP contribution is 2.37. The van der Waals surface area contributed by atoms with Crippen LogP contribution in [0.5, 0.6) is 0 Å². The van der Waals surface area contributed by atoms with Crippen molar-refractivity contribution in [2.45, 2.75) is 38.0 Å². The minimum atomic E-state index is -3.38. The predicted molar refractivity (Wildman–Crippen MR) is 112 cm³/mol. The van der Waals surface area contributed by atoms with Crippen molar-refractivity contribution in [2.75, 3.05) is 39.3 Å². The summed E-state index contributed by atoms with van der Waals surface area (Å²) < 4.78 is 28.7. The summed E-state index contributed by atoms with van der Waals surface area (Å²) in [5.74, 6) is -0.0105. The van der Waals surface area contributed by atoms with E-state index < -0.39 is 10.2 Å². The molecule has 2 aliphatic heterocycles. The number of rotatable bonds is 3. The van der Waals surface area contributed by atoms with Gasteiger partial charge in [0.15, 0.2) is 0 Å². The molecule has 0 bridgehead atoms. The number of para-hydroxylation sites is 1. The second kappa shape index (κ2) is 7.41. The lowest BCUT2D eigenvalue weighted by molar-refractivity contribution is -0.134. The summed E-state index contributed by atoms with van der Waals surface area (Å²) in [6.45, 7) is 2.95. The lowest BCUT2D eigenvalue weighted by Gasteiger charge is -2.37. The first-order valence-electron chi connectivity index (χ1n) is 10.7. The van der Waals surface area contributed by atoms with E-state index in [0.717, 1.165) is 43.3 Å². The van der Waals surface area contributed by atoms with Crippen LogP contribution in [0.4, 0.5) is 0 Å². The van der Waals surface area contributed by atoms with Gasteiger partial charge < -0.3 is 9.88 Å². The van der Waals surface area contributed by atoms with Crippen LogP contribution in [0.2, 0.25) is 0 Å². The van der Waals surface area contributed by atoms with Crippen molar-refractivity contribution in [3.63, 3.8) is 0 Å². The van der Waals surface area contributed by atoms with Gasteiger partial charge in [-0.25, -0.2) is 0 Å². The molecule has 1 N–H and O–H groups in total. The van der Waals surface area contributed by atoms with Crippen LogP contribution >= 0.6 is 0 Å². The molecule has 3 aliphatic rings. The predicted octanol–water partition coefficient (Wildman–Crippen LogP) is 2.07. The van der Waals surface area contributed by atoms with E-state index in [4.69, 9.17) is 0 Å². The number of aryl methyl sites for hydroxylation is 1. The van der Waals surface area contributed by atoms with Crippen molar-refractivity contribution in [1.82, 2.24) is 18.5 Å². The quantitative estimate of drug-likeness (QED) is 0.832. The fraction of sp³-hybridized carbons (Fsp3) is 0.571. The third-order valence-corrected chi connectivity index (χ3v) is 8.72. The van der Waals surface area contributed by atoms with Gasteiger partial charge in [-0.2, -0.15) is 17.0 Å². The number of nitrogens with one attached hydrogen (secondary N) is 1. The van der Waals surface area contributed by atoms with E-state index in [9.17, 15) is 13.2 Å². The molecule has 29 heavy (non-hydrogen) atoms. The van der Waals surface area contributed by atoms with Crippen molar-refractivity contribution in [3.05, 3.63) is 35.5 Å². The Kier molecular flexibility index (Phi) is 4.88. The number of carbonyl (C=O) groups is 1. The van der Waals surface area contributed by atoms with Crippen molar-refractivity contribution in [1.29, 1.82) is 0 Å². The maximum absolute atomic E-state index is 13.3. The van der Waals surface area contributed by atoms with E-state index in [0.29, 0.717) is 39.3 Å². The van der Waals surface area contributed by atoms with Crippen LogP contribution in [-0.4, -0.2) is 72.1 Å². The number of H-pyrrole nitrogens is 1. The normalized spacial score (nSPS) is 24.1. The zero-order valence-corrected chi connectivity index (χ0v) is 17.5. The number of amides is 1. The molecule has 3 heterocycles. The Hall–Kier alpha value is -1.90. The summed E-state index contributed by atoms with van der Waals surface area (Å²) in [5.41, 5.74) is 3.44. The number of hydrogen-bond donors (Lipinski definition) is 1. The molecule has 5 rings (SSSR count). The maximum atomic E-state index is 13.3. The minimum absolute atomic E-state index is 0.135. The average molecular weight is 417 g/mol. The second-order valence-electron chi connectivity index (χ2n) is 8.35. The minimum Gasteiger partial charge on any atom is -0.357 e. The number of benzene rings is 1. The van der Waals surface area contributed by atoms with Crippen LogP contribution in [-0.2, 0) is 21.4 Å².